The van der Waals surface area contributed by atoms with Crippen LogP contribution in [-0.4, -0.2) is 20.2 Å². The van der Waals surface area contributed by atoms with E-state index >= 15 is 0 Å². The molecule has 0 aliphatic carbocycles. The Balaban J connectivity index is 1.42. The molecule has 4 rings (SSSR count). The molecule has 200 valence electrons. The minimum absolute atomic E-state index is 0.0114. The van der Waals surface area contributed by atoms with Gasteiger partial charge in [0.05, 0.1) is 15.6 Å². The lowest BCUT2D eigenvalue weighted by Crippen LogP contribution is -2.15. The molecule has 2 amide bonds. The first-order chi connectivity index (χ1) is 18.4. The van der Waals surface area contributed by atoms with Crippen LogP contribution in [0.15, 0.2) is 102 Å². The van der Waals surface area contributed by atoms with Crippen molar-refractivity contribution in [2.75, 3.05) is 15.4 Å². The molecule has 0 heterocycles. The molecule has 0 aliphatic rings. The third-order valence-corrected chi connectivity index (χ3v) is 7.61. The van der Waals surface area contributed by atoms with Crippen molar-refractivity contribution in [3.63, 3.8) is 0 Å². The van der Waals surface area contributed by atoms with Crippen LogP contribution in [0, 0.1) is 0 Å². The van der Waals surface area contributed by atoms with Crippen LogP contribution in [0.2, 0.25) is 5.02 Å². The molecule has 4 aromatic carbocycles. The summed E-state index contributed by atoms with van der Waals surface area (Å²) >= 11 is 6.29. The van der Waals surface area contributed by atoms with E-state index in [1.54, 1.807) is 54.6 Å². The van der Waals surface area contributed by atoms with Crippen LogP contribution in [0.1, 0.15) is 47.1 Å². The number of carbonyl (C=O) groups is 2. The SMILES string of the molecule is CC(C)(C)c1ccc(C(=O)Nc2cccc(NC(=O)c3ccc(NS(=O)(=O)c4ccccc4)c(Cl)c3)c2)cc1. The third kappa shape index (κ3) is 7.04. The first-order valence-corrected chi connectivity index (χ1v) is 14.0. The van der Waals surface area contributed by atoms with Gasteiger partial charge < -0.3 is 10.6 Å². The zero-order valence-electron chi connectivity index (χ0n) is 21.7. The standard InChI is InChI=1S/C30H28ClN3O4S/c1-30(2,3)22-15-12-20(13-16-22)28(35)32-23-8-7-9-24(19-23)33-29(36)21-14-17-27(26(31)18-21)34-39(37,38)25-10-5-4-6-11-25/h4-19,34H,1-3H3,(H,32,35)(H,33,36). The second-order valence-corrected chi connectivity index (χ2v) is 12.0. The first-order valence-electron chi connectivity index (χ1n) is 12.1. The predicted octanol–water partition coefficient (Wildman–Crippen LogP) is 6.94. The number of halogens is 1. The van der Waals surface area contributed by atoms with E-state index in [4.69, 9.17) is 11.6 Å². The van der Waals surface area contributed by atoms with Crippen LogP contribution in [0.4, 0.5) is 17.1 Å². The van der Waals surface area contributed by atoms with Gasteiger partial charge in [-0.2, -0.15) is 0 Å². The molecule has 0 spiro atoms. The lowest BCUT2D eigenvalue weighted by atomic mass is 9.87. The van der Waals surface area contributed by atoms with Crippen molar-refractivity contribution < 1.29 is 18.0 Å². The normalized spacial score (nSPS) is 11.5. The second kappa shape index (κ2) is 11.3. The van der Waals surface area contributed by atoms with Crippen molar-refractivity contribution in [1.29, 1.82) is 0 Å². The fourth-order valence-corrected chi connectivity index (χ4v) is 5.13. The summed E-state index contributed by atoms with van der Waals surface area (Å²) in [4.78, 5) is 25.7. The second-order valence-electron chi connectivity index (χ2n) is 9.93. The summed E-state index contributed by atoms with van der Waals surface area (Å²) in [5.74, 6) is -0.713. The van der Waals surface area contributed by atoms with Gasteiger partial charge in [-0.05, 0) is 71.6 Å². The number of nitrogens with one attached hydrogen (secondary N) is 3. The molecule has 0 radical (unpaired) electrons. The maximum Gasteiger partial charge on any atom is 0.261 e. The van der Waals surface area contributed by atoms with E-state index in [2.05, 4.69) is 36.1 Å². The largest absolute Gasteiger partial charge is 0.322 e. The Hall–Kier alpha value is -4.14. The quantitative estimate of drug-likeness (QED) is 0.227. The van der Waals surface area contributed by atoms with Gasteiger partial charge in [-0.25, -0.2) is 8.42 Å². The Labute approximate surface area is 233 Å². The molecule has 0 atom stereocenters. The number of carbonyl (C=O) groups excluding carboxylic acids is 2. The van der Waals surface area contributed by atoms with Crippen molar-refractivity contribution in [2.24, 2.45) is 0 Å². The average molecular weight is 562 g/mol. The molecule has 0 saturated carbocycles. The van der Waals surface area contributed by atoms with Crippen LogP contribution in [0.5, 0.6) is 0 Å². The molecule has 9 heteroatoms. The molecule has 0 unspecified atom stereocenters. The van der Waals surface area contributed by atoms with E-state index in [0.717, 1.165) is 5.56 Å². The average Bonchev–Trinajstić information content (AvgIpc) is 2.90. The fourth-order valence-electron chi connectivity index (χ4n) is 3.75. The van der Waals surface area contributed by atoms with E-state index in [9.17, 15) is 18.0 Å². The molecule has 3 N–H and O–H groups in total. The molecule has 0 saturated heterocycles. The zero-order chi connectivity index (χ0) is 28.2. The van der Waals surface area contributed by atoms with Gasteiger partial charge >= 0.3 is 0 Å². The minimum atomic E-state index is -3.83. The van der Waals surface area contributed by atoms with Crippen molar-refractivity contribution in [3.8, 4) is 0 Å². The van der Waals surface area contributed by atoms with E-state index in [0.29, 0.717) is 16.9 Å². The Kier molecular flexibility index (Phi) is 8.09. The van der Waals surface area contributed by atoms with Crippen LogP contribution in [-0.2, 0) is 15.4 Å². The highest BCUT2D eigenvalue weighted by molar-refractivity contribution is 7.92. The smallest absolute Gasteiger partial charge is 0.261 e. The number of hydrogen-bond donors (Lipinski definition) is 3. The Bertz CT molecular complexity index is 1610. The summed E-state index contributed by atoms with van der Waals surface area (Å²) in [6.45, 7) is 6.33. The Morgan fingerprint density at radius 1 is 0.692 bits per heavy atom. The summed E-state index contributed by atoms with van der Waals surface area (Å²) in [5.41, 5.74) is 3.00. The fraction of sp³-hybridized carbons (Fsp3) is 0.133. The number of sulfonamides is 1. The van der Waals surface area contributed by atoms with Gasteiger partial charge in [0.1, 0.15) is 0 Å². The first kappa shape index (κ1) is 27.9. The molecular formula is C30H28ClN3O4S. The van der Waals surface area contributed by atoms with Crippen LogP contribution < -0.4 is 15.4 Å². The van der Waals surface area contributed by atoms with E-state index in [1.807, 2.05) is 12.1 Å². The molecule has 0 aliphatic heterocycles. The van der Waals surface area contributed by atoms with E-state index < -0.39 is 15.9 Å². The van der Waals surface area contributed by atoms with Gasteiger partial charge in [0.2, 0.25) is 0 Å². The molecule has 0 bridgehead atoms. The maximum absolute atomic E-state index is 12.9. The highest BCUT2D eigenvalue weighted by Gasteiger charge is 2.17. The van der Waals surface area contributed by atoms with Crippen LogP contribution in [0.3, 0.4) is 0 Å². The lowest BCUT2D eigenvalue weighted by molar-refractivity contribution is 0.101. The third-order valence-electron chi connectivity index (χ3n) is 5.92. The molecule has 7 nitrogen and oxygen atoms in total. The van der Waals surface area contributed by atoms with Crippen LogP contribution in [0.25, 0.3) is 0 Å². The Morgan fingerprint density at radius 3 is 1.82 bits per heavy atom. The number of anilines is 3. The Morgan fingerprint density at radius 2 is 1.26 bits per heavy atom. The summed E-state index contributed by atoms with van der Waals surface area (Å²) in [6.07, 6.45) is 0. The van der Waals surface area contributed by atoms with Crippen molar-refractivity contribution >= 4 is 50.5 Å². The van der Waals surface area contributed by atoms with Crippen molar-refractivity contribution in [3.05, 3.63) is 119 Å². The van der Waals surface area contributed by atoms with Gasteiger partial charge in [-0.15, -0.1) is 0 Å². The van der Waals surface area contributed by atoms with Crippen LogP contribution >= 0.6 is 11.6 Å². The maximum atomic E-state index is 12.9. The molecular weight excluding hydrogens is 534 g/mol. The lowest BCUT2D eigenvalue weighted by Gasteiger charge is -2.19. The highest BCUT2D eigenvalue weighted by atomic mass is 35.5. The molecule has 0 aromatic heterocycles. The topological polar surface area (TPSA) is 104 Å². The molecule has 4 aromatic rings. The minimum Gasteiger partial charge on any atom is -0.322 e. The molecule has 39 heavy (non-hydrogen) atoms. The van der Waals surface area contributed by atoms with Gasteiger partial charge in [0.25, 0.3) is 21.8 Å². The molecule has 0 fully saturated rings. The highest BCUT2D eigenvalue weighted by Crippen LogP contribution is 2.27. The van der Waals surface area contributed by atoms with E-state index in [-0.39, 0.29) is 32.5 Å². The monoisotopic (exact) mass is 561 g/mol. The van der Waals surface area contributed by atoms with Gasteiger partial charge in [0.15, 0.2) is 0 Å². The number of hydrogen-bond acceptors (Lipinski definition) is 4. The number of benzene rings is 4. The van der Waals surface area contributed by atoms with Crippen molar-refractivity contribution in [2.45, 2.75) is 31.1 Å². The zero-order valence-corrected chi connectivity index (χ0v) is 23.2. The number of rotatable bonds is 7. The number of amides is 2. The van der Waals surface area contributed by atoms with Gasteiger partial charge in [-0.3, -0.25) is 14.3 Å². The predicted molar refractivity (Wildman–Crippen MR) is 156 cm³/mol. The van der Waals surface area contributed by atoms with Gasteiger partial charge in [0, 0.05) is 22.5 Å². The van der Waals surface area contributed by atoms with Gasteiger partial charge in [-0.1, -0.05) is 68.8 Å². The summed E-state index contributed by atoms with van der Waals surface area (Å²) in [7, 11) is -3.83. The van der Waals surface area contributed by atoms with Crippen molar-refractivity contribution in [1.82, 2.24) is 0 Å². The van der Waals surface area contributed by atoms with E-state index in [1.165, 1.54) is 30.3 Å². The summed E-state index contributed by atoms with van der Waals surface area (Å²) in [5, 5.41) is 5.68. The summed E-state index contributed by atoms with van der Waals surface area (Å²) < 4.78 is 27.6. The summed E-state index contributed by atoms with van der Waals surface area (Å²) in [6, 6.07) is 26.4.